The number of carbonyl (C=O) groups excluding carboxylic acids is 2. The molecule has 0 aromatic rings. The quantitative estimate of drug-likeness (QED) is 0.0526. The Morgan fingerprint density at radius 3 is 2.07 bits per heavy atom. The van der Waals surface area contributed by atoms with Crippen LogP contribution in [0.1, 0.15) is 114 Å². The van der Waals surface area contributed by atoms with E-state index in [1.54, 1.807) is 13.8 Å². The van der Waals surface area contributed by atoms with E-state index >= 15 is 0 Å². The standard InChI is InChI=1S/C37H68O6Si2/c1-11-28(9)34(42-44(13-3,14-4)15-5)24-23-32-33-26-30(21-19-20-22-36(38)41-29(10)37(39)40-12-2)25-31(33)27-35(32)43-45(16-6,17-7)18-8/h21,23-24,28-29,31-35H,11-20,22,25-27H2,1-10H3/b24-23+,30-21+/t28?,29-,31+,32-,33+,34-,35-/m1/s1. The van der Waals surface area contributed by atoms with Crippen molar-refractivity contribution in [1.82, 2.24) is 0 Å². The van der Waals surface area contributed by atoms with Gasteiger partial charge in [-0.2, -0.15) is 0 Å². The third kappa shape index (κ3) is 11.2. The Hall–Kier alpha value is -1.23. The summed E-state index contributed by atoms with van der Waals surface area (Å²) in [7, 11) is -3.47. The highest BCUT2D eigenvalue weighted by Crippen LogP contribution is 2.52. The number of carbonyl (C=O) groups is 2. The molecular formula is C37H68O6Si2. The monoisotopic (exact) mass is 664 g/mol. The maximum Gasteiger partial charge on any atom is 0.347 e. The molecule has 2 aliphatic carbocycles. The molecule has 0 aromatic heterocycles. The van der Waals surface area contributed by atoms with Gasteiger partial charge in [0.15, 0.2) is 22.7 Å². The Balaban J connectivity index is 2.18. The first-order chi connectivity index (χ1) is 21.5. The van der Waals surface area contributed by atoms with Crippen molar-refractivity contribution in [3.8, 4) is 0 Å². The lowest BCUT2D eigenvalue weighted by atomic mass is 9.89. The topological polar surface area (TPSA) is 71.1 Å². The van der Waals surface area contributed by atoms with E-state index in [4.69, 9.17) is 18.3 Å². The summed E-state index contributed by atoms with van der Waals surface area (Å²) in [5.74, 6) is 1.36. The van der Waals surface area contributed by atoms with Crippen LogP contribution >= 0.6 is 0 Å². The van der Waals surface area contributed by atoms with Crippen molar-refractivity contribution in [2.24, 2.45) is 23.7 Å². The molecule has 0 N–H and O–H groups in total. The van der Waals surface area contributed by atoms with Crippen molar-refractivity contribution in [2.75, 3.05) is 6.61 Å². The van der Waals surface area contributed by atoms with E-state index in [9.17, 15) is 9.59 Å². The Bertz CT molecular complexity index is 940. The normalized spacial score (nSPS) is 25.0. The molecule has 0 aliphatic heterocycles. The zero-order valence-electron chi connectivity index (χ0n) is 30.6. The number of allylic oxidation sites excluding steroid dienone is 2. The molecule has 45 heavy (non-hydrogen) atoms. The predicted molar refractivity (Wildman–Crippen MR) is 191 cm³/mol. The summed E-state index contributed by atoms with van der Waals surface area (Å²) in [5, 5.41) is 0. The lowest BCUT2D eigenvalue weighted by Crippen LogP contribution is -2.42. The van der Waals surface area contributed by atoms with Gasteiger partial charge in [-0.15, -0.1) is 0 Å². The Morgan fingerprint density at radius 1 is 0.889 bits per heavy atom. The third-order valence-corrected chi connectivity index (χ3v) is 20.7. The molecule has 0 saturated heterocycles. The van der Waals surface area contributed by atoms with Gasteiger partial charge in [-0.1, -0.05) is 85.6 Å². The zero-order valence-corrected chi connectivity index (χ0v) is 32.6. The predicted octanol–water partition coefficient (Wildman–Crippen LogP) is 10.0. The van der Waals surface area contributed by atoms with Crippen LogP contribution in [0.3, 0.4) is 0 Å². The van der Waals surface area contributed by atoms with Crippen LogP contribution < -0.4 is 0 Å². The highest BCUT2D eigenvalue weighted by atomic mass is 28.4. The molecule has 2 saturated carbocycles. The molecule has 0 heterocycles. The SMILES string of the molecule is CCOC(=O)[C@@H](C)OC(=O)CCC/C=C1\C[C@H]2C[C@@H](O[Si](CC)(CC)CC)[C@H](/C=C/[C@@H](O[Si](CC)(CC)CC)C(C)CC)[C@H]2C1. The number of ether oxygens (including phenoxy) is 2. The smallest absolute Gasteiger partial charge is 0.347 e. The summed E-state index contributed by atoms with van der Waals surface area (Å²) in [6, 6.07) is 7.08. The van der Waals surface area contributed by atoms with Crippen LogP contribution in [0.2, 0.25) is 36.3 Å². The summed E-state index contributed by atoms with van der Waals surface area (Å²) in [6.07, 6.45) is 13.4. The average Bonchev–Trinajstić information content (AvgIpc) is 3.59. The number of fused-ring (bicyclic) bond motifs is 1. The van der Waals surface area contributed by atoms with Gasteiger partial charge >= 0.3 is 11.9 Å². The van der Waals surface area contributed by atoms with Gasteiger partial charge in [0, 0.05) is 12.3 Å². The van der Waals surface area contributed by atoms with Gasteiger partial charge in [-0.25, -0.2) is 4.79 Å². The molecule has 6 nitrogen and oxygen atoms in total. The summed E-state index contributed by atoms with van der Waals surface area (Å²) in [5.41, 5.74) is 1.53. The molecule has 260 valence electrons. The molecule has 0 aromatic carbocycles. The molecule has 0 amide bonds. The van der Waals surface area contributed by atoms with Crippen molar-refractivity contribution >= 4 is 28.6 Å². The fraction of sp³-hybridized carbons (Fsp3) is 0.838. The molecule has 2 aliphatic rings. The van der Waals surface area contributed by atoms with Gasteiger partial charge in [0.2, 0.25) is 0 Å². The number of hydrogen-bond acceptors (Lipinski definition) is 6. The fourth-order valence-corrected chi connectivity index (χ4v) is 13.4. The maximum atomic E-state index is 12.2. The van der Waals surface area contributed by atoms with Gasteiger partial charge in [-0.05, 0) is 100.0 Å². The third-order valence-electron chi connectivity index (χ3n) is 11.4. The molecular weight excluding hydrogens is 597 g/mol. The van der Waals surface area contributed by atoms with Gasteiger partial charge < -0.3 is 18.3 Å². The number of esters is 2. The van der Waals surface area contributed by atoms with Crippen molar-refractivity contribution < 1.29 is 27.9 Å². The molecule has 7 atom stereocenters. The van der Waals surface area contributed by atoms with Gasteiger partial charge in [0.25, 0.3) is 0 Å². The summed E-state index contributed by atoms with van der Waals surface area (Å²) >= 11 is 0. The number of rotatable bonds is 21. The van der Waals surface area contributed by atoms with E-state index in [1.165, 1.54) is 41.8 Å². The summed E-state index contributed by atoms with van der Waals surface area (Å²) in [6.45, 7) is 22.2. The first-order valence-electron chi connectivity index (χ1n) is 18.6. The second-order valence-corrected chi connectivity index (χ2v) is 23.2. The van der Waals surface area contributed by atoms with Gasteiger partial charge in [-0.3, -0.25) is 4.79 Å². The largest absolute Gasteiger partial charge is 0.463 e. The van der Waals surface area contributed by atoms with Crippen molar-refractivity contribution in [3.05, 3.63) is 23.8 Å². The first-order valence-corrected chi connectivity index (χ1v) is 23.6. The molecule has 2 rings (SSSR count). The van der Waals surface area contributed by atoms with Crippen LogP contribution in [0.15, 0.2) is 23.8 Å². The zero-order chi connectivity index (χ0) is 33.6. The van der Waals surface area contributed by atoms with E-state index in [0.717, 1.165) is 38.5 Å². The molecule has 0 bridgehead atoms. The van der Waals surface area contributed by atoms with Crippen LogP contribution in [0.4, 0.5) is 0 Å². The first kappa shape index (κ1) is 40.0. The van der Waals surface area contributed by atoms with E-state index in [0.29, 0.717) is 36.2 Å². The van der Waals surface area contributed by atoms with Crippen molar-refractivity contribution in [1.29, 1.82) is 0 Å². The summed E-state index contributed by atoms with van der Waals surface area (Å²) < 4.78 is 24.6. The lowest BCUT2D eigenvalue weighted by Gasteiger charge is -2.36. The van der Waals surface area contributed by atoms with E-state index < -0.39 is 28.7 Å². The Kier molecular flexibility index (Phi) is 17.4. The Morgan fingerprint density at radius 2 is 1.51 bits per heavy atom. The second kappa shape index (κ2) is 19.6. The van der Waals surface area contributed by atoms with Crippen molar-refractivity contribution in [3.63, 3.8) is 0 Å². The van der Waals surface area contributed by atoms with Crippen LogP contribution in [0, 0.1) is 23.7 Å². The second-order valence-electron chi connectivity index (χ2n) is 13.8. The molecule has 8 heteroatoms. The highest BCUT2D eigenvalue weighted by Gasteiger charge is 2.48. The minimum Gasteiger partial charge on any atom is -0.463 e. The van der Waals surface area contributed by atoms with E-state index in [2.05, 4.69) is 73.6 Å². The van der Waals surface area contributed by atoms with Crippen LogP contribution in [-0.2, 0) is 27.9 Å². The van der Waals surface area contributed by atoms with Crippen molar-refractivity contribution in [2.45, 2.75) is 169 Å². The summed E-state index contributed by atoms with van der Waals surface area (Å²) in [4.78, 5) is 24.0. The highest BCUT2D eigenvalue weighted by molar-refractivity contribution is 6.74. The van der Waals surface area contributed by atoms with Crippen LogP contribution in [0.5, 0.6) is 0 Å². The molecule has 1 unspecified atom stereocenters. The average molecular weight is 665 g/mol. The number of unbranched alkanes of at least 4 members (excludes halogenated alkanes) is 1. The van der Waals surface area contributed by atoms with E-state index in [-0.39, 0.29) is 18.7 Å². The minimum absolute atomic E-state index is 0.175. The van der Waals surface area contributed by atoms with E-state index in [1.807, 2.05) is 0 Å². The van der Waals surface area contributed by atoms with Crippen LogP contribution in [-0.4, -0.2) is 53.5 Å². The number of hydrogen-bond donors (Lipinski definition) is 0. The van der Waals surface area contributed by atoms with Crippen LogP contribution in [0.25, 0.3) is 0 Å². The minimum atomic E-state index is -1.74. The maximum absolute atomic E-state index is 12.2. The molecule has 0 radical (unpaired) electrons. The fourth-order valence-electron chi connectivity index (χ4n) is 7.58. The molecule has 0 spiro atoms. The molecule has 2 fully saturated rings. The van der Waals surface area contributed by atoms with Gasteiger partial charge in [0.05, 0.1) is 18.8 Å². The van der Waals surface area contributed by atoms with Gasteiger partial charge in [0.1, 0.15) is 0 Å². The Labute approximate surface area is 278 Å². The lowest BCUT2D eigenvalue weighted by molar-refractivity contribution is -0.166.